The molecule has 0 saturated heterocycles. The van der Waals surface area contributed by atoms with Crippen LogP contribution in [-0.2, 0) is 11.3 Å². The maximum Gasteiger partial charge on any atom is 0.356 e. The Balaban J connectivity index is 2.07. The Bertz CT molecular complexity index is 800. The van der Waals surface area contributed by atoms with E-state index in [9.17, 15) is 4.79 Å². The van der Waals surface area contributed by atoms with E-state index in [1.165, 1.54) is 17.9 Å². The summed E-state index contributed by atoms with van der Waals surface area (Å²) in [6, 6.07) is 14.4. The number of benzene rings is 2. The molecule has 0 aliphatic heterocycles. The predicted octanol–water partition coefficient (Wildman–Crippen LogP) is 3.18. The van der Waals surface area contributed by atoms with Gasteiger partial charge < -0.3 is 9.30 Å². The maximum atomic E-state index is 11.8. The minimum atomic E-state index is -0.365. The quantitative estimate of drug-likeness (QED) is 0.692. The van der Waals surface area contributed by atoms with Crippen LogP contribution in [0.4, 0.5) is 0 Å². The van der Waals surface area contributed by atoms with E-state index >= 15 is 0 Å². The fourth-order valence-corrected chi connectivity index (χ4v) is 2.54. The first kappa shape index (κ1) is 13.4. The monoisotopic (exact) mass is 280 g/mol. The van der Waals surface area contributed by atoms with Crippen molar-refractivity contribution in [2.75, 3.05) is 7.11 Å². The lowest BCUT2D eigenvalue weighted by molar-refractivity contribution is 0.0588. The molecule has 0 amide bonds. The number of fused-ring (bicyclic) bond motifs is 1. The van der Waals surface area contributed by atoms with Crippen molar-refractivity contribution in [2.45, 2.75) is 13.5 Å². The van der Waals surface area contributed by atoms with Crippen molar-refractivity contribution in [2.24, 2.45) is 0 Å². The van der Waals surface area contributed by atoms with Gasteiger partial charge in [0.1, 0.15) is 11.5 Å². The molecule has 106 valence electrons. The molecule has 4 heteroatoms. The SMILES string of the molecule is COC(=O)c1cnc(C)n1Cc1cccc2ccccc12. The van der Waals surface area contributed by atoms with Crippen molar-refractivity contribution in [1.82, 2.24) is 9.55 Å². The normalized spacial score (nSPS) is 10.8. The third-order valence-corrected chi connectivity index (χ3v) is 3.66. The molecule has 1 heterocycles. The number of hydrogen-bond acceptors (Lipinski definition) is 3. The highest BCUT2D eigenvalue weighted by atomic mass is 16.5. The van der Waals surface area contributed by atoms with Gasteiger partial charge >= 0.3 is 5.97 Å². The predicted molar refractivity (Wildman–Crippen MR) is 81.4 cm³/mol. The third kappa shape index (κ3) is 2.40. The van der Waals surface area contributed by atoms with Gasteiger partial charge in [-0.15, -0.1) is 0 Å². The van der Waals surface area contributed by atoms with Gasteiger partial charge in [0.2, 0.25) is 0 Å². The van der Waals surface area contributed by atoms with Crippen molar-refractivity contribution in [1.29, 1.82) is 0 Å². The molecule has 0 spiro atoms. The summed E-state index contributed by atoms with van der Waals surface area (Å²) >= 11 is 0. The van der Waals surface area contributed by atoms with E-state index < -0.39 is 0 Å². The van der Waals surface area contributed by atoms with Crippen molar-refractivity contribution in [3.05, 3.63) is 65.7 Å². The summed E-state index contributed by atoms with van der Waals surface area (Å²) in [7, 11) is 1.38. The molecule has 0 bridgehead atoms. The van der Waals surface area contributed by atoms with E-state index in [1.807, 2.05) is 29.7 Å². The number of nitrogens with zero attached hydrogens (tertiary/aromatic N) is 2. The zero-order valence-electron chi connectivity index (χ0n) is 12.0. The van der Waals surface area contributed by atoms with Gasteiger partial charge in [-0.25, -0.2) is 9.78 Å². The highest BCUT2D eigenvalue weighted by Crippen LogP contribution is 2.20. The standard InChI is InChI=1S/C17H16N2O2/c1-12-18-10-16(17(20)21-2)19(12)11-14-8-5-7-13-6-3-4-9-15(13)14/h3-10H,11H2,1-2H3. The Morgan fingerprint density at radius 2 is 1.95 bits per heavy atom. The molecule has 1 aromatic heterocycles. The van der Waals surface area contributed by atoms with Gasteiger partial charge in [0.05, 0.1) is 19.9 Å². The molecule has 2 aromatic carbocycles. The molecule has 0 aliphatic rings. The summed E-state index contributed by atoms with van der Waals surface area (Å²) in [6.07, 6.45) is 1.56. The van der Waals surface area contributed by atoms with Crippen LogP contribution in [-0.4, -0.2) is 22.6 Å². The fraction of sp³-hybridized carbons (Fsp3) is 0.176. The van der Waals surface area contributed by atoms with E-state index in [1.54, 1.807) is 6.20 Å². The molecule has 0 atom stereocenters. The average Bonchev–Trinajstić information content (AvgIpc) is 2.88. The summed E-state index contributed by atoms with van der Waals surface area (Å²) in [5, 5.41) is 2.37. The first-order valence-electron chi connectivity index (χ1n) is 6.78. The topological polar surface area (TPSA) is 44.1 Å². The van der Waals surface area contributed by atoms with E-state index in [4.69, 9.17) is 4.74 Å². The number of ether oxygens (including phenoxy) is 1. The lowest BCUT2D eigenvalue weighted by Crippen LogP contribution is -2.12. The van der Waals surface area contributed by atoms with Gasteiger partial charge in [0.15, 0.2) is 0 Å². The van der Waals surface area contributed by atoms with Crippen LogP contribution in [0.25, 0.3) is 10.8 Å². The Kier molecular flexibility index (Phi) is 3.44. The maximum absolute atomic E-state index is 11.8. The fourth-order valence-electron chi connectivity index (χ4n) is 2.54. The van der Waals surface area contributed by atoms with E-state index in [0.29, 0.717) is 12.2 Å². The van der Waals surface area contributed by atoms with E-state index in [-0.39, 0.29) is 5.97 Å². The van der Waals surface area contributed by atoms with E-state index in [2.05, 4.69) is 29.2 Å². The number of carbonyl (C=O) groups excluding carboxylic acids is 1. The first-order valence-corrected chi connectivity index (χ1v) is 6.78. The second kappa shape index (κ2) is 5.40. The van der Waals surface area contributed by atoms with Crippen LogP contribution in [0.5, 0.6) is 0 Å². The minimum Gasteiger partial charge on any atom is -0.464 e. The number of esters is 1. The lowest BCUT2D eigenvalue weighted by atomic mass is 10.0. The second-order valence-electron chi connectivity index (χ2n) is 4.91. The number of aromatic nitrogens is 2. The molecule has 21 heavy (non-hydrogen) atoms. The molecule has 0 radical (unpaired) electrons. The Labute approximate surface area is 123 Å². The molecule has 0 fully saturated rings. The van der Waals surface area contributed by atoms with Crippen molar-refractivity contribution in [3.8, 4) is 0 Å². The molecule has 0 saturated carbocycles. The lowest BCUT2D eigenvalue weighted by Gasteiger charge is -2.11. The average molecular weight is 280 g/mol. The summed E-state index contributed by atoms with van der Waals surface area (Å²) in [6.45, 7) is 2.48. The van der Waals surface area contributed by atoms with Gasteiger partial charge in [-0.1, -0.05) is 42.5 Å². The van der Waals surface area contributed by atoms with Crippen molar-refractivity contribution in [3.63, 3.8) is 0 Å². The summed E-state index contributed by atoms with van der Waals surface area (Å²) in [5.74, 6) is 0.430. The smallest absolute Gasteiger partial charge is 0.356 e. The van der Waals surface area contributed by atoms with Crippen molar-refractivity contribution >= 4 is 16.7 Å². The van der Waals surface area contributed by atoms with Gasteiger partial charge in [-0.3, -0.25) is 0 Å². The molecule has 0 unspecified atom stereocenters. The Morgan fingerprint density at radius 1 is 1.19 bits per heavy atom. The minimum absolute atomic E-state index is 0.365. The summed E-state index contributed by atoms with van der Waals surface area (Å²) in [4.78, 5) is 16.0. The zero-order chi connectivity index (χ0) is 14.8. The Hall–Kier alpha value is -2.62. The van der Waals surface area contributed by atoms with Gasteiger partial charge in [0, 0.05) is 0 Å². The van der Waals surface area contributed by atoms with Crippen LogP contribution >= 0.6 is 0 Å². The van der Waals surface area contributed by atoms with Gasteiger partial charge in [0.25, 0.3) is 0 Å². The van der Waals surface area contributed by atoms with Crippen LogP contribution in [0.3, 0.4) is 0 Å². The number of carbonyl (C=O) groups is 1. The highest BCUT2D eigenvalue weighted by Gasteiger charge is 2.15. The van der Waals surface area contributed by atoms with Crippen LogP contribution < -0.4 is 0 Å². The molecule has 3 aromatic rings. The zero-order valence-corrected chi connectivity index (χ0v) is 12.0. The third-order valence-electron chi connectivity index (χ3n) is 3.66. The van der Waals surface area contributed by atoms with Crippen LogP contribution in [0.15, 0.2) is 48.7 Å². The van der Waals surface area contributed by atoms with Crippen LogP contribution in [0.2, 0.25) is 0 Å². The number of methoxy groups -OCH3 is 1. The van der Waals surface area contributed by atoms with Gasteiger partial charge in [-0.2, -0.15) is 0 Å². The van der Waals surface area contributed by atoms with E-state index in [0.717, 1.165) is 11.4 Å². The van der Waals surface area contributed by atoms with Crippen LogP contribution in [0.1, 0.15) is 21.9 Å². The van der Waals surface area contributed by atoms with Gasteiger partial charge in [-0.05, 0) is 23.3 Å². The second-order valence-corrected chi connectivity index (χ2v) is 4.91. The number of hydrogen-bond donors (Lipinski definition) is 0. The molecular formula is C17H16N2O2. The van der Waals surface area contributed by atoms with Crippen molar-refractivity contribution < 1.29 is 9.53 Å². The molecule has 4 nitrogen and oxygen atoms in total. The largest absolute Gasteiger partial charge is 0.464 e. The molecule has 3 rings (SSSR count). The number of aryl methyl sites for hydroxylation is 1. The first-order chi connectivity index (χ1) is 10.2. The Morgan fingerprint density at radius 3 is 2.76 bits per heavy atom. The summed E-state index contributed by atoms with van der Waals surface area (Å²) < 4.78 is 6.70. The van der Waals surface area contributed by atoms with Crippen LogP contribution in [0, 0.1) is 6.92 Å². The molecule has 0 aliphatic carbocycles. The molecule has 0 N–H and O–H groups in total. The number of rotatable bonds is 3. The number of imidazole rings is 1. The molecular weight excluding hydrogens is 264 g/mol. The highest BCUT2D eigenvalue weighted by molar-refractivity contribution is 5.88. The summed E-state index contributed by atoms with van der Waals surface area (Å²) in [5.41, 5.74) is 1.63.